The van der Waals surface area contributed by atoms with Crippen LogP contribution in [0.5, 0.6) is 0 Å². The Bertz CT molecular complexity index is 710. The average molecular weight is 356 g/mol. The van der Waals surface area contributed by atoms with Crippen LogP contribution in [0.2, 0.25) is 0 Å². The van der Waals surface area contributed by atoms with Gasteiger partial charge in [-0.25, -0.2) is 9.97 Å². The van der Waals surface area contributed by atoms with Gasteiger partial charge in [0.1, 0.15) is 0 Å². The van der Waals surface area contributed by atoms with Crippen molar-refractivity contribution >= 4 is 5.95 Å². The molecule has 0 amide bonds. The van der Waals surface area contributed by atoms with E-state index in [2.05, 4.69) is 38.0 Å². The summed E-state index contributed by atoms with van der Waals surface area (Å²) in [5.74, 6) is 1.09. The smallest absolute Gasteiger partial charge is 0.225 e. The predicted molar refractivity (Wildman–Crippen MR) is 99.7 cm³/mol. The molecule has 2 fully saturated rings. The van der Waals surface area contributed by atoms with Gasteiger partial charge in [0.2, 0.25) is 5.95 Å². The quantitative estimate of drug-likeness (QED) is 0.873. The number of hydrogen-bond donors (Lipinski definition) is 1. The van der Waals surface area contributed by atoms with E-state index in [0.29, 0.717) is 5.92 Å². The summed E-state index contributed by atoms with van der Waals surface area (Å²) >= 11 is 0. The fourth-order valence-electron chi connectivity index (χ4n) is 4.53. The molecule has 26 heavy (non-hydrogen) atoms. The molecule has 2 aliphatic rings. The fourth-order valence-corrected chi connectivity index (χ4v) is 4.53. The number of hydrogen-bond acceptors (Lipinski definition) is 6. The SMILES string of the molecule is CCn1cc(CN2CCC3(CC2)CN(c2ncccn2)CC3CO)cn1. The number of rotatable bonds is 5. The van der Waals surface area contributed by atoms with Crippen LogP contribution in [-0.4, -0.2) is 62.5 Å². The summed E-state index contributed by atoms with van der Waals surface area (Å²) in [6.07, 6.45) is 9.94. The maximum atomic E-state index is 9.99. The van der Waals surface area contributed by atoms with Crippen molar-refractivity contribution in [3.8, 4) is 0 Å². The van der Waals surface area contributed by atoms with Gasteiger partial charge in [-0.3, -0.25) is 9.58 Å². The summed E-state index contributed by atoms with van der Waals surface area (Å²) in [6.45, 7) is 8.16. The van der Waals surface area contributed by atoms with E-state index >= 15 is 0 Å². The third-order valence-corrected chi connectivity index (χ3v) is 6.14. The van der Waals surface area contributed by atoms with E-state index in [1.807, 2.05) is 16.9 Å². The number of aliphatic hydroxyl groups excluding tert-OH is 1. The number of anilines is 1. The first-order valence-corrected chi connectivity index (χ1v) is 9.59. The first kappa shape index (κ1) is 17.4. The highest BCUT2D eigenvalue weighted by molar-refractivity contribution is 5.33. The molecule has 140 valence electrons. The molecule has 2 aliphatic heterocycles. The molecule has 1 N–H and O–H groups in total. The van der Waals surface area contributed by atoms with Gasteiger partial charge in [-0.15, -0.1) is 0 Å². The maximum Gasteiger partial charge on any atom is 0.225 e. The molecule has 0 bridgehead atoms. The van der Waals surface area contributed by atoms with Gasteiger partial charge in [-0.1, -0.05) is 0 Å². The molecule has 7 heteroatoms. The Hall–Kier alpha value is -1.99. The van der Waals surface area contributed by atoms with Gasteiger partial charge in [0.25, 0.3) is 0 Å². The predicted octanol–water partition coefficient (Wildman–Crippen LogP) is 1.40. The highest BCUT2D eigenvalue weighted by Gasteiger charge is 2.48. The van der Waals surface area contributed by atoms with E-state index in [4.69, 9.17) is 0 Å². The number of nitrogens with zero attached hydrogens (tertiary/aromatic N) is 6. The second kappa shape index (κ2) is 7.32. The number of likely N-dealkylation sites (tertiary alicyclic amines) is 1. The summed E-state index contributed by atoms with van der Waals surface area (Å²) < 4.78 is 1.98. The standard InChI is InChI=1S/C19H28N6O/c1-2-25-12-16(10-22-25)11-23-8-4-19(5-9-23)15-24(13-17(19)14-26)18-20-6-3-7-21-18/h3,6-7,10,12,17,26H,2,4-5,8-9,11,13-15H2,1H3. The van der Waals surface area contributed by atoms with Gasteiger partial charge < -0.3 is 10.0 Å². The molecule has 2 aromatic heterocycles. The number of aliphatic hydroxyl groups is 1. The fraction of sp³-hybridized carbons (Fsp3) is 0.632. The van der Waals surface area contributed by atoms with Crippen molar-refractivity contribution in [1.82, 2.24) is 24.6 Å². The topological polar surface area (TPSA) is 70.3 Å². The monoisotopic (exact) mass is 356 g/mol. The number of aromatic nitrogens is 4. The summed E-state index contributed by atoms with van der Waals surface area (Å²) in [7, 11) is 0. The van der Waals surface area contributed by atoms with Gasteiger partial charge in [-0.2, -0.15) is 5.10 Å². The number of aryl methyl sites for hydroxylation is 1. The maximum absolute atomic E-state index is 9.99. The Morgan fingerprint density at radius 2 is 2.00 bits per heavy atom. The van der Waals surface area contributed by atoms with E-state index in [1.165, 1.54) is 5.56 Å². The van der Waals surface area contributed by atoms with E-state index < -0.39 is 0 Å². The van der Waals surface area contributed by atoms with E-state index in [9.17, 15) is 5.11 Å². The van der Waals surface area contributed by atoms with Crippen molar-refractivity contribution in [2.75, 3.05) is 37.7 Å². The average Bonchev–Trinajstić information content (AvgIpc) is 3.29. The molecule has 4 heterocycles. The van der Waals surface area contributed by atoms with Gasteiger partial charge in [-0.05, 0) is 44.3 Å². The Balaban J connectivity index is 1.40. The highest BCUT2D eigenvalue weighted by atomic mass is 16.3. The minimum absolute atomic E-state index is 0.179. The summed E-state index contributed by atoms with van der Waals surface area (Å²) in [5, 5.41) is 14.4. The number of piperidine rings is 1. The highest BCUT2D eigenvalue weighted by Crippen LogP contribution is 2.45. The zero-order valence-corrected chi connectivity index (χ0v) is 15.5. The van der Waals surface area contributed by atoms with Gasteiger partial charge in [0.15, 0.2) is 0 Å². The van der Waals surface area contributed by atoms with Gasteiger partial charge in [0.05, 0.1) is 6.20 Å². The molecule has 0 aliphatic carbocycles. The van der Waals surface area contributed by atoms with Crippen LogP contribution >= 0.6 is 0 Å². The van der Waals surface area contributed by atoms with Crippen LogP contribution in [0, 0.1) is 11.3 Å². The second-order valence-corrected chi connectivity index (χ2v) is 7.65. The molecule has 4 rings (SSSR count). The van der Waals surface area contributed by atoms with E-state index in [1.54, 1.807) is 12.4 Å². The zero-order valence-electron chi connectivity index (χ0n) is 15.5. The summed E-state index contributed by atoms with van der Waals surface area (Å²) in [6, 6.07) is 1.85. The molecule has 2 aromatic rings. The molecular weight excluding hydrogens is 328 g/mol. The Morgan fingerprint density at radius 1 is 1.23 bits per heavy atom. The first-order chi connectivity index (χ1) is 12.7. The lowest BCUT2D eigenvalue weighted by Gasteiger charge is -2.42. The molecule has 0 aromatic carbocycles. The van der Waals surface area contributed by atoms with E-state index in [0.717, 1.165) is 58.1 Å². The molecule has 0 saturated carbocycles. The van der Waals surface area contributed by atoms with Crippen LogP contribution in [0.15, 0.2) is 30.9 Å². The van der Waals surface area contributed by atoms with Crippen molar-refractivity contribution in [1.29, 1.82) is 0 Å². The minimum atomic E-state index is 0.179. The Morgan fingerprint density at radius 3 is 2.65 bits per heavy atom. The van der Waals surface area contributed by atoms with Crippen molar-refractivity contribution in [3.05, 3.63) is 36.4 Å². The van der Waals surface area contributed by atoms with Crippen LogP contribution < -0.4 is 4.90 Å². The lowest BCUT2D eigenvalue weighted by molar-refractivity contribution is 0.0506. The largest absolute Gasteiger partial charge is 0.396 e. The van der Waals surface area contributed by atoms with Crippen molar-refractivity contribution in [2.24, 2.45) is 11.3 Å². The third-order valence-electron chi connectivity index (χ3n) is 6.14. The van der Waals surface area contributed by atoms with Crippen LogP contribution in [-0.2, 0) is 13.1 Å². The molecular formula is C19H28N6O. The minimum Gasteiger partial charge on any atom is -0.396 e. The molecule has 2 saturated heterocycles. The van der Waals surface area contributed by atoms with Gasteiger partial charge in [0, 0.05) is 62.9 Å². The van der Waals surface area contributed by atoms with Crippen LogP contribution in [0.4, 0.5) is 5.95 Å². The summed E-state index contributed by atoms with van der Waals surface area (Å²) in [5.41, 5.74) is 1.46. The van der Waals surface area contributed by atoms with Crippen molar-refractivity contribution < 1.29 is 5.11 Å². The molecule has 7 nitrogen and oxygen atoms in total. The van der Waals surface area contributed by atoms with Crippen molar-refractivity contribution in [3.63, 3.8) is 0 Å². The van der Waals surface area contributed by atoms with Crippen LogP contribution in [0.3, 0.4) is 0 Å². The van der Waals surface area contributed by atoms with Crippen molar-refractivity contribution in [2.45, 2.75) is 32.9 Å². The van der Waals surface area contributed by atoms with E-state index in [-0.39, 0.29) is 12.0 Å². The van der Waals surface area contributed by atoms with Crippen LogP contribution in [0.1, 0.15) is 25.3 Å². The lowest BCUT2D eigenvalue weighted by atomic mass is 9.71. The van der Waals surface area contributed by atoms with Crippen LogP contribution in [0.25, 0.3) is 0 Å². The van der Waals surface area contributed by atoms with Gasteiger partial charge >= 0.3 is 0 Å². The molecule has 1 atom stereocenters. The molecule has 1 spiro atoms. The summed E-state index contributed by atoms with van der Waals surface area (Å²) in [4.78, 5) is 13.6. The Labute approximate surface area is 154 Å². The second-order valence-electron chi connectivity index (χ2n) is 7.65. The molecule has 0 radical (unpaired) electrons. The zero-order chi connectivity index (χ0) is 18.0. The third kappa shape index (κ3) is 3.33. The first-order valence-electron chi connectivity index (χ1n) is 9.59. The molecule has 1 unspecified atom stereocenters. The normalized spacial score (nSPS) is 23.0. The Kier molecular flexibility index (Phi) is 4.91. The lowest BCUT2D eigenvalue weighted by Crippen LogP contribution is -2.44.